The number of aromatic carboxylic acids is 1. The van der Waals surface area contributed by atoms with E-state index in [4.69, 9.17) is 4.74 Å². The predicted octanol–water partition coefficient (Wildman–Crippen LogP) is 3.86. The van der Waals surface area contributed by atoms with E-state index in [1.807, 2.05) is 49.4 Å². The Morgan fingerprint density at radius 2 is 1.72 bits per heavy atom. The van der Waals surface area contributed by atoms with Crippen molar-refractivity contribution in [2.45, 2.75) is 6.92 Å². The number of hydrogen-bond donors (Lipinski definition) is 2. The first-order valence-corrected chi connectivity index (χ1v) is 7.78. The Labute approximate surface area is 144 Å². The van der Waals surface area contributed by atoms with Gasteiger partial charge in [0.15, 0.2) is 6.61 Å². The zero-order valence-corrected chi connectivity index (χ0v) is 13.7. The normalized spacial score (nSPS) is 10.4. The van der Waals surface area contributed by atoms with E-state index < -0.39 is 5.97 Å². The molecule has 3 aromatic carbocycles. The van der Waals surface area contributed by atoms with Crippen molar-refractivity contribution in [2.75, 3.05) is 11.9 Å². The number of carbonyl (C=O) groups excluding carboxylic acids is 1. The molecule has 25 heavy (non-hydrogen) atoms. The van der Waals surface area contributed by atoms with Crippen molar-refractivity contribution in [3.8, 4) is 5.75 Å². The molecule has 0 bridgehead atoms. The molecule has 3 rings (SSSR count). The summed E-state index contributed by atoms with van der Waals surface area (Å²) in [6.07, 6.45) is 0. The lowest BCUT2D eigenvalue weighted by Gasteiger charge is -2.11. The van der Waals surface area contributed by atoms with Crippen LogP contribution in [0.5, 0.6) is 5.75 Å². The molecule has 0 radical (unpaired) electrons. The van der Waals surface area contributed by atoms with Crippen molar-refractivity contribution in [2.24, 2.45) is 0 Å². The maximum atomic E-state index is 12.1. The van der Waals surface area contributed by atoms with Crippen LogP contribution in [0.15, 0.2) is 60.7 Å². The Hall–Kier alpha value is -3.34. The van der Waals surface area contributed by atoms with Crippen LogP contribution in [0.1, 0.15) is 15.9 Å². The van der Waals surface area contributed by atoms with Gasteiger partial charge in [0.05, 0.1) is 0 Å². The third-order valence-electron chi connectivity index (χ3n) is 3.74. The number of aryl methyl sites for hydroxylation is 1. The van der Waals surface area contributed by atoms with Crippen LogP contribution in [0.2, 0.25) is 0 Å². The van der Waals surface area contributed by atoms with Gasteiger partial charge in [0.25, 0.3) is 5.91 Å². The molecule has 0 spiro atoms. The van der Waals surface area contributed by atoms with Gasteiger partial charge in [-0.1, -0.05) is 36.4 Å². The van der Waals surface area contributed by atoms with Crippen molar-refractivity contribution in [1.82, 2.24) is 0 Å². The topological polar surface area (TPSA) is 75.6 Å². The van der Waals surface area contributed by atoms with Crippen LogP contribution in [0.3, 0.4) is 0 Å². The number of benzene rings is 3. The van der Waals surface area contributed by atoms with Crippen molar-refractivity contribution in [1.29, 1.82) is 0 Å². The number of carboxylic acids is 1. The number of hydrogen-bond acceptors (Lipinski definition) is 3. The molecule has 0 fully saturated rings. The summed E-state index contributed by atoms with van der Waals surface area (Å²) in [7, 11) is 0. The van der Waals surface area contributed by atoms with E-state index in [0.717, 1.165) is 16.3 Å². The number of rotatable bonds is 5. The van der Waals surface area contributed by atoms with Gasteiger partial charge in [0, 0.05) is 5.69 Å². The second kappa shape index (κ2) is 7.05. The fourth-order valence-electron chi connectivity index (χ4n) is 2.57. The van der Waals surface area contributed by atoms with Gasteiger partial charge < -0.3 is 15.2 Å². The lowest BCUT2D eigenvalue weighted by Crippen LogP contribution is -2.21. The molecule has 126 valence electrons. The van der Waals surface area contributed by atoms with Crippen LogP contribution < -0.4 is 10.1 Å². The molecule has 0 atom stereocenters. The molecule has 5 heteroatoms. The predicted molar refractivity (Wildman–Crippen MR) is 96.2 cm³/mol. The quantitative estimate of drug-likeness (QED) is 0.742. The van der Waals surface area contributed by atoms with Crippen molar-refractivity contribution in [3.05, 3.63) is 71.8 Å². The minimum atomic E-state index is -1.10. The average molecular weight is 335 g/mol. The van der Waals surface area contributed by atoms with E-state index in [9.17, 15) is 14.7 Å². The molecular weight excluding hydrogens is 318 g/mol. The third kappa shape index (κ3) is 3.95. The first-order valence-electron chi connectivity index (χ1n) is 7.78. The molecule has 3 aromatic rings. The summed E-state index contributed by atoms with van der Waals surface area (Å²) in [6.45, 7) is 1.66. The van der Waals surface area contributed by atoms with Crippen molar-refractivity contribution in [3.63, 3.8) is 0 Å². The van der Waals surface area contributed by atoms with E-state index in [2.05, 4.69) is 5.32 Å². The smallest absolute Gasteiger partial charge is 0.339 e. The molecule has 0 aliphatic carbocycles. The molecule has 5 nitrogen and oxygen atoms in total. The zero-order valence-electron chi connectivity index (χ0n) is 13.7. The molecule has 0 saturated heterocycles. The maximum Gasteiger partial charge on any atom is 0.339 e. The summed E-state index contributed by atoms with van der Waals surface area (Å²) in [4.78, 5) is 23.5. The highest BCUT2D eigenvalue weighted by atomic mass is 16.5. The molecule has 0 unspecified atom stereocenters. The molecule has 0 aromatic heterocycles. The van der Waals surface area contributed by atoms with Gasteiger partial charge in [0.1, 0.15) is 11.3 Å². The number of carboxylic acid groups (broad SMARTS) is 1. The summed E-state index contributed by atoms with van der Waals surface area (Å²) in [5.74, 6) is -1.28. The van der Waals surface area contributed by atoms with Gasteiger partial charge in [-0.25, -0.2) is 4.79 Å². The van der Waals surface area contributed by atoms with Gasteiger partial charge in [-0.15, -0.1) is 0 Å². The molecule has 0 saturated carbocycles. The molecule has 0 heterocycles. The second-order valence-corrected chi connectivity index (χ2v) is 5.71. The Kier molecular flexibility index (Phi) is 4.66. The van der Waals surface area contributed by atoms with Crippen molar-refractivity contribution >= 4 is 28.3 Å². The summed E-state index contributed by atoms with van der Waals surface area (Å²) < 4.78 is 5.48. The van der Waals surface area contributed by atoms with Crippen LogP contribution in [-0.2, 0) is 4.79 Å². The van der Waals surface area contributed by atoms with Crippen molar-refractivity contribution < 1.29 is 19.4 Å². The second-order valence-electron chi connectivity index (χ2n) is 5.71. The summed E-state index contributed by atoms with van der Waals surface area (Å²) in [6, 6.07) is 18.0. The van der Waals surface area contributed by atoms with Crippen LogP contribution in [-0.4, -0.2) is 23.6 Å². The highest BCUT2D eigenvalue weighted by Crippen LogP contribution is 2.26. The van der Waals surface area contributed by atoms with Crippen LogP contribution in [0, 0.1) is 6.92 Å². The summed E-state index contributed by atoms with van der Waals surface area (Å²) >= 11 is 0. The molecule has 0 aliphatic rings. The van der Waals surface area contributed by atoms with E-state index in [0.29, 0.717) is 5.69 Å². The Bertz CT molecular complexity index is 949. The van der Waals surface area contributed by atoms with Crippen LogP contribution >= 0.6 is 0 Å². The highest BCUT2D eigenvalue weighted by molar-refractivity contribution is 5.98. The summed E-state index contributed by atoms with van der Waals surface area (Å²) in [5.41, 5.74) is 1.73. The molecule has 0 aliphatic heterocycles. The average Bonchev–Trinajstić information content (AvgIpc) is 2.59. The Morgan fingerprint density at radius 3 is 2.40 bits per heavy atom. The first-order chi connectivity index (χ1) is 12.0. The number of fused-ring (bicyclic) bond motifs is 1. The number of amides is 1. The number of nitrogens with one attached hydrogen (secondary N) is 1. The van der Waals surface area contributed by atoms with Gasteiger partial charge in [-0.3, -0.25) is 4.79 Å². The van der Waals surface area contributed by atoms with E-state index >= 15 is 0 Å². The monoisotopic (exact) mass is 335 g/mol. The lowest BCUT2D eigenvalue weighted by atomic mass is 10.1. The van der Waals surface area contributed by atoms with Gasteiger partial charge in [0.2, 0.25) is 0 Å². The minimum absolute atomic E-state index is 0.0297. The number of ether oxygens (including phenoxy) is 1. The largest absolute Gasteiger partial charge is 0.483 e. The Morgan fingerprint density at radius 1 is 1.00 bits per heavy atom. The fourth-order valence-corrected chi connectivity index (χ4v) is 2.57. The molecule has 2 N–H and O–H groups in total. The molecular formula is C20H17NO4. The lowest BCUT2D eigenvalue weighted by molar-refractivity contribution is -0.118. The van der Waals surface area contributed by atoms with Gasteiger partial charge in [-0.05, 0) is 47.5 Å². The highest BCUT2D eigenvalue weighted by Gasteiger charge is 2.14. The van der Waals surface area contributed by atoms with Gasteiger partial charge >= 0.3 is 5.97 Å². The minimum Gasteiger partial charge on any atom is -0.483 e. The standard InChI is InChI=1S/C20H17NO4/c1-13-5-4-8-16(9-13)21-19(22)12-25-18-11-15-7-3-2-6-14(15)10-17(18)20(23)24/h2-11H,12H2,1H3,(H,21,22)(H,23,24). The van der Waals surface area contributed by atoms with Crippen LogP contribution in [0.25, 0.3) is 10.8 Å². The fraction of sp³-hybridized carbons (Fsp3) is 0.100. The summed E-state index contributed by atoms with van der Waals surface area (Å²) in [5, 5.41) is 13.8. The van der Waals surface area contributed by atoms with E-state index in [1.54, 1.807) is 18.2 Å². The molecule has 1 amide bonds. The number of anilines is 1. The SMILES string of the molecule is Cc1cccc(NC(=O)COc2cc3ccccc3cc2C(=O)O)c1. The van der Waals surface area contributed by atoms with Crippen LogP contribution in [0.4, 0.5) is 5.69 Å². The van der Waals surface area contributed by atoms with E-state index in [-0.39, 0.29) is 23.8 Å². The first kappa shape index (κ1) is 16.5. The Balaban J connectivity index is 1.76. The maximum absolute atomic E-state index is 12.1. The third-order valence-corrected chi connectivity index (χ3v) is 3.74. The van der Waals surface area contributed by atoms with E-state index in [1.165, 1.54) is 0 Å². The van der Waals surface area contributed by atoms with Gasteiger partial charge in [-0.2, -0.15) is 0 Å². The number of carbonyl (C=O) groups is 2. The zero-order chi connectivity index (χ0) is 17.8.